The van der Waals surface area contributed by atoms with Crippen molar-refractivity contribution in [1.82, 2.24) is 5.32 Å². The minimum Gasteiger partial charge on any atom is -0.480 e. The number of rotatable bonds is 9. The van der Waals surface area contributed by atoms with E-state index in [4.69, 9.17) is 5.11 Å². The van der Waals surface area contributed by atoms with Crippen molar-refractivity contribution in [3.8, 4) is 0 Å². The molecular weight excluding hydrogens is 234 g/mol. The molecule has 1 radical (unpaired) electrons. The van der Waals surface area contributed by atoms with Gasteiger partial charge < -0.3 is 10.4 Å². The molecule has 2 atom stereocenters. The number of hydrogen-bond donors (Lipinski definition) is 2. The average molecular weight is 254 g/mol. The molecule has 2 N–H and O–H groups in total. The highest BCUT2D eigenvalue weighted by Crippen LogP contribution is 2.05. The van der Waals surface area contributed by atoms with Crippen LogP contribution in [0.1, 0.15) is 39.5 Å². The normalized spacial score (nSPS) is 14.1. The van der Waals surface area contributed by atoms with Crippen molar-refractivity contribution in [3.63, 3.8) is 0 Å². The van der Waals surface area contributed by atoms with Gasteiger partial charge in [-0.3, -0.25) is 9.59 Å². The van der Waals surface area contributed by atoms with Gasteiger partial charge in [0.25, 0.3) is 0 Å². The summed E-state index contributed by atoms with van der Waals surface area (Å²) in [6, 6.07) is -1.01. The van der Waals surface area contributed by atoms with E-state index in [-0.39, 0.29) is 31.1 Å². The summed E-state index contributed by atoms with van der Waals surface area (Å²) >= 11 is 0. The van der Waals surface area contributed by atoms with E-state index in [0.29, 0.717) is 0 Å². The van der Waals surface area contributed by atoms with Crippen molar-refractivity contribution < 1.29 is 19.5 Å². The summed E-state index contributed by atoms with van der Waals surface area (Å²) in [6.07, 6.45) is 6.73. The molecule has 101 valence electrons. The van der Waals surface area contributed by atoms with Crippen LogP contribution in [-0.2, 0) is 14.4 Å². The molecule has 5 heteroatoms. The number of amides is 1. The molecule has 0 rings (SSSR count). The summed E-state index contributed by atoms with van der Waals surface area (Å²) in [5, 5.41) is 11.3. The standard InChI is InChI=1S/C13H20NO4/c1-3-4-6-10(2)9-12(16)14-11(13(17)18)7-5-8-15/h4,6,10-11H,3,5,7,9H2,1-2H3,(H,14,16)(H,17,18)/t10-,11-/m0/s1. The van der Waals surface area contributed by atoms with Crippen LogP contribution in [0, 0.1) is 5.92 Å². The molecule has 18 heavy (non-hydrogen) atoms. The van der Waals surface area contributed by atoms with Crippen LogP contribution in [0.5, 0.6) is 0 Å². The van der Waals surface area contributed by atoms with Gasteiger partial charge in [-0.25, -0.2) is 4.79 Å². The minimum atomic E-state index is -1.13. The second kappa shape index (κ2) is 9.39. The van der Waals surface area contributed by atoms with Crippen LogP contribution in [0.15, 0.2) is 12.2 Å². The van der Waals surface area contributed by atoms with Gasteiger partial charge in [0, 0.05) is 12.8 Å². The number of allylic oxidation sites excluding steroid dienone is 2. The summed E-state index contributed by atoms with van der Waals surface area (Å²) in [7, 11) is 0. The zero-order valence-corrected chi connectivity index (χ0v) is 10.8. The first kappa shape index (κ1) is 16.4. The molecule has 0 aliphatic rings. The monoisotopic (exact) mass is 254 g/mol. The summed E-state index contributed by atoms with van der Waals surface area (Å²) in [5.74, 6) is -1.38. The van der Waals surface area contributed by atoms with Gasteiger partial charge in [-0.1, -0.05) is 26.0 Å². The first-order chi connectivity index (χ1) is 8.51. The molecule has 1 amide bonds. The first-order valence-corrected chi connectivity index (χ1v) is 6.05. The third-order valence-corrected chi connectivity index (χ3v) is 2.38. The first-order valence-electron chi connectivity index (χ1n) is 6.05. The van der Waals surface area contributed by atoms with Gasteiger partial charge in [0.05, 0.1) is 0 Å². The van der Waals surface area contributed by atoms with Crippen LogP contribution in [0.3, 0.4) is 0 Å². The lowest BCUT2D eigenvalue weighted by Crippen LogP contribution is -2.41. The number of carbonyl (C=O) groups is 2. The molecule has 0 aromatic carbocycles. The molecule has 0 saturated carbocycles. The molecule has 0 saturated heterocycles. The number of nitrogens with one attached hydrogen (secondary N) is 1. The van der Waals surface area contributed by atoms with Gasteiger partial charge >= 0.3 is 5.97 Å². The quantitative estimate of drug-likeness (QED) is 0.610. The second-order valence-electron chi connectivity index (χ2n) is 4.16. The lowest BCUT2D eigenvalue weighted by molar-refractivity contribution is -0.142. The van der Waals surface area contributed by atoms with Crippen molar-refractivity contribution >= 4 is 18.2 Å². The highest BCUT2D eigenvalue weighted by Gasteiger charge is 2.19. The third kappa shape index (κ3) is 7.60. The van der Waals surface area contributed by atoms with Crippen LogP contribution in [-0.4, -0.2) is 29.3 Å². The Hall–Kier alpha value is -1.65. The largest absolute Gasteiger partial charge is 0.480 e. The van der Waals surface area contributed by atoms with Crippen LogP contribution in [0.25, 0.3) is 0 Å². The Morgan fingerprint density at radius 2 is 2.11 bits per heavy atom. The molecule has 5 nitrogen and oxygen atoms in total. The van der Waals surface area contributed by atoms with E-state index < -0.39 is 12.0 Å². The van der Waals surface area contributed by atoms with Gasteiger partial charge in [0.1, 0.15) is 6.04 Å². The van der Waals surface area contributed by atoms with Gasteiger partial charge in [-0.2, -0.15) is 0 Å². The predicted octanol–water partition coefficient (Wildman–Crippen LogP) is 1.44. The van der Waals surface area contributed by atoms with E-state index >= 15 is 0 Å². The molecule has 0 aliphatic carbocycles. The maximum Gasteiger partial charge on any atom is 0.326 e. The Morgan fingerprint density at radius 3 is 2.61 bits per heavy atom. The smallest absolute Gasteiger partial charge is 0.326 e. The van der Waals surface area contributed by atoms with E-state index in [1.165, 1.54) is 0 Å². The van der Waals surface area contributed by atoms with Crippen LogP contribution in [0.4, 0.5) is 0 Å². The summed E-state index contributed by atoms with van der Waals surface area (Å²) in [6.45, 7) is 3.89. The number of carbonyl (C=O) groups excluding carboxylic acids is 2. The molecule has 0 spiro atoms. The van der Waals surface area contributed by atoms with Crippen LogP contribution < -0.4 is 5.32 Å². The lowest BCUT2D eigenvalue weighted by atomic mass is 10.1. The average Bonchev–Trinajstić information content (AvgIpc) is 2.31. The number of carboxylic acids is 1. The van der Waals surface area contributed by atoms with Gasteiger partial charge in [0.15, 0.2) is 6.29 Å². The Bertz CT molecular complexity index is 312. The Labute approximate surface area is 107 Å². The Kier molecular flexibility index (Phi) is 8.53. The molecule has 0 aromatic rings. The second-order valence-corrected chi connectivity index (χ2v) is 4.16. The topological polar surface area (TPSA) is 83.5 Å². The third-order valence-electron chi connectivity index (χ3n) is 2.38. The highest BCUT2D eigenvalue weighted by atomic mass is 16.4. The fourth-order valence-corrected chi connectivity index (χ4v) is 1.44. The van der Waals surface area contributed by atoms with E-state index in [9.17, 15) is 14.4 Å². The number of carboxylic acid groups (broad SMARTS) is 1. The van der Waals surface area contributed by atoms with Crippen molar-refractivity contribution in [2.75, 3.05) is 0 Å². The zero-order chi connectivity index (χ0) is 14.0. The van der Waals surface area contributed by atoms with Crippen LogP contribution in [0.2, 0.25) is 0 Å². The maximum atomic E-state index is 11.6. The molecular formula is C13H20NO4. The van der Waals surface area contributed by atoms with Crippen molar-refractivity contribution in [1.29, 1.82) is 0 Å². The summed E-state index contributed by atoms with van der Waals surface area (Å²) in [4.78, 5) is 32.5. The van der Waals surface area contributed by atoms with Crippen molar-refractivity contribution in [2.45, 2.75) is 45.6 Å². The molecule has 0 unspecified atom stereocenters. The SMILES string of the molecule is CCC=C[C@H](C)CC(=O)N[C@@H](CC[C]=O)C(=O)O. The highest BCUT2D eigenvalue weighted by molar-refractivity contribution is 5.83. The Balaban J connectivity index is 4.20. The fourth-order valence-electron chi connectivity index (χ4n) is 1.44. The van der Waals surface area contributed by atoms with Gasteiger partial charge in [-0.05, 0) is 18.8 Å². The summed E-state index contributed by atoms with van der Waals surface area (Å²) < 4.78 is 0. The van der Waals surface area contributed by atoms with E-state index in [0.717, 1.165) is 6.42 Å². The van der Waals surface area contributed by atoms with Crippen molar-refractivity contribution in [2.24, 2.45) is 5.92 Å². The van der Waals surface area contributed by atoms with E-state index in [2.05, 4.69) is 5.32 Å². The van der Waals surface area contributed by atoms with Crippen LogP contribution >= 0.6 is 0 Å². The minimum absolute atomic E-state index is 0.00252. The lowest BCUT2D eigenvalue weighted by Gasteiger charge is -2.14. The Morgan fingerprint density at radius 1 is 1.44 bits per heavy atom. The predicted molar refractivity (Wildman–Crippen MR) is 67.7 cm³/mol. The maximum absolute atomic E-state index is 11.6. The van der Waals surface area contributed by atoms with Crippen molar-refractivity contribution in [3.05, 3.63) is 12.2 Å². The number of hydrogen-bond acceptors (Lipinski definition) is 3. The fraction of sp³-hybridized carbons (Fsp3) is 0.615. The molecule has 0 heterocycles. The molecule has 0 fully saturated rings. The van der Waals surface area contributed by atoms with E-state index in [1.807, 2.05) is 26.0 Å². The molecule has 0 aromatic heterocycles. The summed E-state index contributed by atoms with van der Waals surface area (Å²) in [5.41, 5.74) is 0. The zero-order valence-electron chi connectivity index (χ0n) is 10.8. The molecule has 0 bridgehead atoms. The number of aliphatic carboxylic acids is 1. The molecule has 0 aliphatic heterocycles. The van der Waals surface area contributed by atoms with Gasteiger partial charge in [-0.15, -0.1) is 0 Å². The van der Waals surface area contributed by atoms with Gasteiger partial charge in [0.2, 0.25) is 5.91 Å². The van der Waals surface area contributed by atoms with E-state index in [1.54, 1.807) is 6.29 Å².